The van der Waals surface area contributed by atoms with Gasteiger partial charge in [0.25, 0.3) is 0 Å². The minimum atomic E-state index is -1.25. The average molecular weight is 500 g/mol. The van der Waals surface area contributed by atoms with Crippen molar-refractivity contribution in [1.29, 1.82) is 0 Å². The molecule has 1 aromatic carbocycles. The van der Waals surface area contributed by atoms with E-state index in [0.29, 0.717) is 14.5 Å². The molecule has 2 heterocycles. The van der Waals surface area contributed by atoms with E-state index >= 15 is 0 Å². The van der Waals surface area contributed by atoms with Crippen molar-refractivity contribution >= 4 is 33.8 Å². The van der Waals surface area contributed by atoms with Gasteiger partial charge in [-0.1, -0.05) is 0 Å². The Bertz CT molecular complexity index is 759. The summed E-state index contributed by atoms with van der Waals surface area (Å²) < 4.78 is 16.0. The number of ether oxygens (including phenoxy) is 1. The Labute approximate surface area is 168 Å². The van der Waals surface area contributed by atoms with Crippen LogP contribution in [0.4, 0.5) is 0 Å². The molecular weight excluding hydrogens is 477 g/mol. The van der Waals surface area contributed by atoms with E-state index in [0.717, 1.165) is 42.4 Å². The van der Waals surface area contributed by atoms with Crippen LogP contribution in [0.15, 0.2) is 76.0 Å². The van der Waals surface area contributed by atoms with E-state index < -0.39 is 4.20 Å². The zero-order chi connectivity index (χ0) is 18.2. The molecule has 0 amide bonds. The molecule has 6 heteroatoms. The first-order valence-electron chi connectivity index (χ1n) is 8.66. The Balaban J connectivity index is 1.63. The van der Waals surface area contributed by atoms with Crippen LogP contribution in [-0.2, 0) is 12.8 Å². The van der Waals surface area contributed by atoms with Gasteiger partial charge in [0.1, 0.15) is 0 Å². The molecule has 3 rings (SSSR count). The molecule has 0 fully saturated rings. The van der Waals surface area contributed by atoms with Crippen LogP contribution < -0.4 is 4.74 Å². The summed E-state index contributed by atoms with van der Waals surface area (Å²) in [5.74, 6) is 3.08. The van der Waals surface area contributed by atoms with Gasteiger partial charge in [-0.25, -0.2) is 0 Å². The van der Waals surface area contributed by atoms with Crippen LogP contribution in [0, 0.1) is 0 Å². The van der Waals surface area contributed by atoms with Crippen LogP contribution in [0.25, 0.3) is 0 Å². The summed E-state index contributed by atoms with van der Waals surface area (Å²) in [7, 11) is 0. The third-order valence-electron chi connectivity index (χ3n) is 3.94. The molecule has 1 unspecified atom stereocenters. The summed E-state index contributed by atoms with van der Waals surface area (Å²) in [6.07, 6.45) is 7.75. The van der Waals surface area contributed by atoms with Crippen LogP contribution in [0.3, 0.4) is 0 Å². The van der Waals surface area contributed by atoms with E-state index in [1.165, 1.54) is 0 Å². The first-order chi connectivity index (χ1) is 12.6. The van der Waals surface area contributed by atoms with Gasteiger partial charge in [-0.05, 0) is 0 Å². The predicted molar refractivity (Wildman–Crippen MR) is 110 cm³/mol. The molecule has 0 aliphatic carbocycles. The fourth-order valence-electron chi connectivity index (χ4n) is 2.67. The van der Waals surface area contributed by atoms with Crippen molar-refractivity contribution in [2.24, 2.45) is 0 Å². The first-order valence-corrected chi connectivity index (χ1v) is 16.2. The number of aryl methyl sites for hydroxylation is 2. The van der Waals surface area contributed by atoms with Gasteiger partial charge in [-0.15, -0.1) is 0 Å². The Hall–Kier alpha value is -0.951. The van der Waals surface area contributed by atoms with Gasteiger partial charge in [0.15, 0.2) is 0 Å². The molecule has 0 bridgehead atoms. The standard InChI is InChI=1S/C20H23O3PSe2/c1-17(23-20-7-3-2-4-8-20)26-24(25,15-11-18-9-5-13-21-18)16-12-19-10-6-14-22-19/h2-10,13-14,17H,11-12,15-16H2,1H3. The Morgan fingerprint density at radius 1 is 0.923 bits per heavy atom. The molecule has 3 nitrogen and oxygen atoms in total. The normalized spacial score (nSPS) is 12.8. The molecule has 26 heavy (non-hydrogen) atoms. The molecular formula is C20H23O3PSe2. The molecule has 0 N–H and O–H groups in total. The second-order valence-electron chi connectivity index (χ2n) is 6.02. The second-order valence-corrected chi connectivity index (χ2v) is 23.8. The third-order valence-corrected chi connectivity index (χ3v) is 18.3. The quantitative estimate of drug-likeness (QED) is 0.297. The molecule has 138 valence electrons. The van der Waals surface area contributed by atoms with Crippen LogP contribution in [0.2, 0.25) is 0 Å². The molecule has 0 radical (unpaired) electrons. The van der Waals surface area contributed by atoms with E-state index in [9.17, 15) is 0 Å². The van der Waals surface area contributed by atoms with Crippen molar-refractivity contribution in [3.05, 3.63) is 78.6 Å². The number of para-hydroxylation sites is 1. The van der Waals surface area contributed by atoms with Crippen LogP contribution >= 0.6 is 4.20 Å². The summed E-state index contributed by atoms with van der Waals surface area (Å²) >= 11 is 3.98. The first kappa shape index (κ1) is 19.8. The zero-order valence-electron chi connectivity index (χ0n) is 14.7. The Morgan fingerprint density at radius 3 is 2.00 bits per heavy atom. The van der Waals surface area contributed by atoms with Gasteiger partial charge in [0, 0.05) is 0 Å². The fourth-order valence-corrected chi connectivity index (χ4v) is 16.3. The molecule has 1 atom stereocenters. The second kappa shape index (κ2) is 9.83. The van der Waals surface area contributed by atoms with Gasteiger partial charge in [0.05, 0.1) is 0 Å². The van der Waals surface area contributed by atoms with Crippen molar-refractivity contribution in [3.8, 4) is 5.75 Å². The summed E-state index contributed by atoms with van der Waals surface area (Å²) in [6, 6.07) is 18.2. The minimum absolute atomic E-state index is 0.229. The van der Waals surface area contributed by atoms with Crippen molar-refractivity contribution in [1.82, 2.24) is 0 Å². The van der Waals surface area contributed by atoms with Gasteiger partial charge < -0.3 is 0 Å². The van der Waals surface area contributed by atoms with E-state index in [2.05, 4.69) is 34.2 Å². The summed E-state index contributed by atoms with van der Waals surface area (Å²) in [4.78, 5) is 0. The van der Waals surface area contributed by atoms with Crippen molar-refractivity contribution in [3.63, 3.8) is 0 Å². The number of hydrogen-bond donors (Lipinski definition) is 0. The van der Waals surface area contributed by atoms with Crippen LogP contribution in [0.5, 0.6) is 5.75 Å². The molecule has 3 aromatic rings. The van der Waals surface area contributed by atoms with Crippen molar-refractivity contribution < 1.29 is 13.6 Å². The SMILES string of the molecule is CC(Oc1ccccc1)[Se]P(=[Se])(CCc1ccco1)CCc1ccco1. The predicted octanol–water partition coefficient (Wildman–Crippen LogP) is 4.80. The maximum atomic E-state index is 6.17. The van der Waals surface area contributed by atoms with Crippen molar-refractivity contribution in [2.75, 3.05) is 12.3 Å². The van der Waals surface area contributed by atoms with Gasteiger partial charge in [-0.3, -0.25) is 0 Å². The topological polar surface area (TPSA) is 35.5 Å². The molecule has 0 spiro atoms. The summed E-state index contributed by atoms with van der Waals surface area (Å²) in [5.41, 5.74) is 0. The van der Waals surface area contributed by atoms with E-state index in [-0.39, 0.29) is 5.00 Å². The maximum absolute atomic E-state index is 6.17. The average Bonchev–Trinajstić information content (AvgIpc) is 3.33. The molecule has 0 aliphatic rings. The number of furan rings is 2. The number of hydrogen-bond acceptors (Lipinski definition) is 3. The number of rotatable bonds is 10. The van der Waals surface area contributed by atoms with E-state index in [1.54, 1.807) is 12.5 Å². The van der Waals surface area contributed by atoms with E-state index in [1.807, 2.05) is 42.5 Å². The zero-order valence-corrected chi connectivity index (χ0v) is 19.1. The van der Waals surface area contributed by atoms with Crippen LogP contribution in [-0.4, -0.2) is 46.9 Å². The molecule has 0 saturated heterocycles. The molecule has 2 aromatic heterocycles. The fraction of sp³-hybridized carbons (Fsp3) is 0.300. The van der Waals surface area contributed by atoms with Gasteiger partial charge in [-0.2, -0.15) is 0 Å². The third kappa shape index (κ3) is 6.34. The molecule has 0 aliphatic heterocycles. The molecule has 0 saturated carbocycles. The van der Waals surface area contributed by atoms with Crippen molar-refractivity contribution in [2.45, 2.75) is 24.8 Å². The summed E-state index contributed by atoms with van der Waals surface area (Å²) in [6.45, 7) is 2.19. The Kier molecular flexibility index (Phi) is 7.49. The van der Waals surface area contributed by atoms with E-state index in [4.69, 9.17) is 13.6 Å². The Morgan fingerprint density at radius 2 is 1.50 bits per heavy atom. The van der Waals surface area contributed by atoms with Gasteiger partial charge >= 0.3 is 169 Å². The van der Waals surface area contributed by atoms with Crippen LogP contribution in [0.1, 0.15) is 18.4 Å². The summed E-state index contributed by atoms with van der Waals surface area (Å²) in [5, 5.41) is 0.229. The monoisotopic (exact) mass is 502 g/mol. The number of benzene rings is 1. The van der Waals surface area contributed by atoms with Gasteiger partial charge in [0.2, 0.25) is 0 Å².